The number of aryl methyl sites for hydroxylation is 1. The van der Waals surface area contributed by atoms with Gasteiger partial charge in [0.1, 0.15) is 0 Å². The number of hydrogen-bond donors (Lipinski definition) is 1. The zero-order valence-electron chi connectivity index (χ0n) is 22.0. The highest BCUT2D eigenvalue weighted by Crippen LogP contribution is 2.41. The molecule has 0 spiro atoms. The average Bonchev–Trinajstić information content (AvgIpc) is 3.54. The van der Waals surface area contributed by atoms with Gasteiger partial charge in [0, 0.05) is 27.1 Å². The van der Waals surface area contributed by atoms with Gasteiger partial charge in [-0.05, 0) is 59.4 Å². The maximum atomic E-state index is 14.3. The van der Waals surface area contributed by atoms with Gasteiger partial charge in [0.05, 0.1) is 22.0 Å². The van der Waals surface area contributed by atoms with E-state index in [4.69, 9.17) is 16.6 Å². The smallest absolute Gasteiger partial charge is 0.271 e. The molecule has 0 unspecified atom stereocenters. The first-order valence-electron chi connectivity index (χ1n) is 13.7. The number of fused-ring (bicyclic) bond motifs is 4. The predicted molar refractivity (Wildman–Crippen MR) is 168 cm³/mol. The van der Waals surface area contributed by atoms with E-state index in [0.717, 1.165) is 62.2 Å². The van der Waals surface area contributed by atoms with E-state index in [0.29, 0.717) is 9.55 Å². The maximum Gasteiger partial charge on any atom is 0.271 e. The maximum absolute atomic E-state index is 14.3. The van der Waals surface area contributed by atoms with Crippen LogP contribution in [0.15, 0.2) is 118 Å². The second kappa shape index (κ2) is 9.58. The van der Waals surface area contributed by atoms with Crippen molar-refractivity contribution in [3.05, 3.63) is 156 Å². The van der Waals surface area contributed by atoms with Crippen molar-refractivity contribution in [2.75, 3.05) is 0 Å². The molecule has 2 aliphatic rings. The van der Waals surface area contributed by atoms with E-state index >= 15 is 0 Å². The van der Waals surface area contributed by atoms with Crippen molar-refractivity contribution in [3.8, 4) is 11.3 Å². The fourth-order valence-electron chi connectivity index (χ4n) is 6.24. The number of allylic oxidation sites excluding steroid dienone is 1. The summed E-state index contributed by atoms with van der Waals surface area (Å²) in [5.74, 6) is 0. The first-order chi connectivity index (χ1) is 20.2. The average molecular weight is 570 g/mol. The molecule has 0 fully saturated rings. The predicted octanol–water partition coefficient (Wildman–Crippen LogP) is 7.12. The summed E-state index contributed by atoms with van der Waals surface area (Å²) in [6.07, 6.45) is 3.82. The molecule has 6 heteroatoms. The quantitative estimate of drug-likeness (QED) is 0.242. The van der Waals surface area contributed by atoms with E-state index in [1.54, 1.807) is 0 Å². The molecular formula is C35H24ClN3OS. The van der Waals surface area contributed by atoms with Crippen LogP contribution in [0.4, 0.5) is 0 Å². The number of rotatable bonds is 3. The van der Waals surface area contributed by atoms with E-state index in [1.165, 1.54) is 22.5 Å². The summed E-state index contributed by atoms with van der Waals surface area (Å²) in [6, 6.07) is 34.7. The Bertz CT molecular complexity index is 2190. The summed E-state index contributed by atoms with van der Waals surface area (Å²) < 4.78 is 2.56. The molecule has 0 amide bonds. The number of nitrogens with zero attached hydrogens (tertiary/aromatic N) is 2. The van der Waals surface area contributed by atoms with Gasteiger partial charge in [-0.25, -0.2) is 4.99 Å². The van der Waals surface area contributed by atoms with Crippen LogP contribution in [0.25, 0.3) is 33.9 Å². The van der Waals surface area contributed by atoms with Crippen LogP contribution in [0.2, 0.25) is 5.02 Å². The molecule has 0 bridgehead atoms. The molecule has 0 radical (unpaired) electrons. The topological polar surface area (TPSA) is 50.1 Å². The van der Waals surface area contributed by atoms with Crippen LogP contribution >= 0.6 is 22.9 Å². The molecule has 1 aliphatic carbocycles. The Kier molecular flexibility index (Phi) is 5.69. The van der Waals surface area contributed by atoms with Crippen molar-refractivity contribution in [2.45, 2.75) is 18.9 Å². The summed E-state index contributed by atoms with van der Waals surface area (Å²) >= 11 is 7.74. The second-order valence-electron chi connectivity index (χ2n) is 10.5. The highest BCUT2D eigenvalue weighted by Gasteiger charge is 2.32. The van der Waals surface area contributed by atoms with Crippen LogP contribution in [0.5, 0.6) is 0 Å². The standard InChI is InChI=1S/C35H24ClN3OS/c36-24-17-14-23(15-18-24)33-27-19-16-21-8-4-5-11-25(21)32(27)38-35-39(33)34(40)30(41-35)20-28-26-12-6-7-13-29(26)37-31(28)22-9-2-1-3-10-22/h1-15,17-18,20,33,37H,16,19H2/b30-20+/t33-/m1/s1. The fraction of sp³-hybridized carbons (Fsp3) is 0.0857. The zero-order chi connectivity index (χ0) is 27.5. The normalized spacial score (nSPS) is 16.3. The largest absolute Gasteiger partial charge is 0.354 e. The van der Waals surface area contributed by atoms with Gasteiger partial charge in [-0.3, -0.25) is 9.36 Å². The summed E-state index contributed by atoms with van der Waals surface area (Å²) in [4.78, 5) is 23.8. The zero-order valence-corrected chi connectivity index (χ0v) is 23.5. The molecule has 4 aromatic carbocycles. The Morgan fingerprint density at radius 3 is 2.49 bits per heavy atom. The summed E-state index contributed by atoms with van der Waals surface area (Å²) in [5, 5.41) is 1.76. The first-order valence-corrected chi connectivity index (χ1v) is 14.9. The third kappa shape index (κ3) is 3.96. The minimum absolute atomic E-state index is 0.0246. The Morgan fingerprint density at radius 1 is 0.878 bits per heavy atom. The molecule has 1 N–H and O–H groups in total. The molecule has 8 rings (SSSR count). The molecule has 41 heavy (non-hydrogen) atoms. The highest BCUT2D eigenvalue weighted by atomic mass is 35.5. The van der Waals surface area contributed by atoms with Gasteiger partial charge in [-0.15, -0.1) is 0 Å². The minimum atomic E-state index is -0.231. The van der Waals surface area contributed by atoms with Crippen molar-refractivity contribution in [1.82, 2.24) is 9.55 Å². The van der Waals surface area contributed by atoms with Gasteiger partial charge in [0.15, 0.2) is 4.80 Å². The lowest BCUT2D eigenvalue weighted by molar-refractivity contribution is 0.585. The molecule has 0 saturated carbocycles. The molecular weight excluding hydrogens is 546 g/mol. The molecule has 1 atom stereocenters. The molecule has 6 aromatic rings. The van der Waals surface area contributed by atoms with Gasteiger partial charge in [-0.1, -0.05) is 108 Å². The summed E-state index contributed by atoms with van der Waals surface area (Å²) in [5.41, 5.74) is 9.78. The summed E-state index contributed by atoms with van der Waals surface area (Å²) in [6.45, 7) is 0. The lowest BCUT2D eigenvalue weighted by Gasteiger charge is -2.30. The van der Waals surface area contributed by atoms with Crippen molar-refractivity contribution < 1.29 is 0 Å². The number of benzene rings is 4. The van der Waals surface area contributed by atoms with Gasteiger partial charge < -0.3 is 4.98 Å². The minimum Gasteiger partial charge on any atom is -0.354 e. The molecule has 0 saturated heterocycles. The van der Waals surface area contributed by atoms with E-state index in [1.807, 2.05) is 65.2 Å². The van der Waals surface area contributed by atoms with Crippen LogP contribution in [0, 0.1) is 0 Å². The third-order valence-electron chi connectivity index (χ3n) is 8.14. The van der Waals surface area contributed by atoms with Gasteiger partial charge in [-0.2, -0.15) is 0 Å². The van der Waals surface area contributed by atoms with E-state index in [-0.39, 0.29) is 11.6 Å². The second-order valence-corrected chi connectivity index (χ2v) is 11.9. The van der Waals surface area contributed by atoms with Gasteiger partial charge >= 0.3 is 0 Å². The number of nitrogens with one attached hydrogen (secondary N) is 1. The Hall–Kier alpha value is -4.45. The van der Waals surface area contributed by atoms with E-state index in [9.17, 15) is 4.79 Å². The molecule has 3 heterocycles. The van der Waals surface area contributed by atoms with Crippen molar-refractivity contribution in [2.24, 2.45) is 4.99 Å². The lowest BCUT2D eigenvalue weighted by Crippen LogP contribution is -2.38. The van der Waals surface area contributed by atoms with Crippen LogP contribution < -0.4 is 14.9 Å². The number of aromatic nitrogens is 2. The van der Waals surface area contributed by atoms with Crippen molar-refractivity contribution in [1.29, 1.82) is 0 Å². The number of para-hydroxylation sites is 1. The third-order valence-corrected chi connectivity index (χ3v) is 9.38. The van der Waals surface area contributed by atoms with Crippen LogP contribution in [-0.4, -0.2) is 9.55 Å². The van der Waals surface area contributed by atoms with Crippen LogP contribution in [0.3, 0.4) is 0 Å². The first kappa shape index (κ1) is 24.4. The molecule has 1 aliphatic heterocycles. The monoisotopic (exact) mass is 569 g/mol. The number of halogens is 1. The van der Waals surface area contributed by atoms with Crippen molar-refractivity contribution >= 4 is 45.6 Å². The summed E-state index contributed by atoms with van der Waals surface area (Å²) in [7, 11) is 0. The SMILES string of the molecule is O=c1/c(=C\c2c(-c3ccccc3)[nH]c3ccccc23)sc2n1[C@H](c1ccc(Cl)cc1)C1=C(N=2)c2ccccc2CC1. The Morgan fingerprint density at radius 2 is 1.63 bits per heavy atom. The van der Waals surface area contributed by atoms with E-state index < -0.39 is 0 Å². The van der Waals surface area contributed by atoms with Crippen LogP contribution in [0.1, 0.15) is 34.7 Å². The molecule has 2 aromatic heterocycles. The number of H-pyrrole nitrogens is 1. The highest BCUT2D eigenvalue weighted by molar-refractivity contribution is 7.07. The Labute approximate surface area is 245 Å². The van der Waals surface area contributed by atoms with E-state index in [2.05, 4.69) is 53.5 Å². The molecule has 198 valence electrons. The Balaban J connectivity index is 1.40. The number of hydrogen-bond acceptors (Lipinski definition) is 3. The van der Waals surface area contributed by atoms with Crippen LogP contribution in [-0.2, 0) is 6.42 Å². The lowest BCUT2D eigenvalue weighted by atomic mass is 9.83. The fourth-order valence-corrected chi connectivity index (χ4v) is 7.35. The van der Waals surface area contributed by atoms with Gasteiger partial charge in [0.2, 0.25) is 0 Å². The molecule has 4 nitrogen and oxygen atoms in total. The van der Waals surface area contributed by atoms with Crippen molar-refractivity contribution in [3.63, 3.8) is 0 Å². The number of thiazole rings is 1. The number of aromatic amines is 1. The van der Waals surface area contributed by atoms with Gasteiger partial charge in [0.25, 0.3) is 5.56 Å².